The summed E-state index contributed by atoms with van der Waals surface area (Å²) >= 11 is 0. The molecule has 0 aliphatic heterocycles. The number of amides is 1. The molecule has 26 heavy (non-hydrogen) atoms. The quantitative estimate of drug-likeness (QED) is 0.808. The summed E-state index contributed by atoms with van der Waals surface area (Å²) in [5.74, 6) is -0.328. The number of hydrogen-bond donors (Lipinski definition) is 1. The fourth-order valence-corrected chi connectivity index (χ4v) is 3.81. The predicted octanol–water partition coefficient (Wildman–Crippen LogP) is 3.34. The number of nitrogens with zero attached hydrogens (tertiary/aromatic N) is 1. The Kier molecular flexibility index (Phi) is 6.42. The molecule has 2 rings (SSSR count). The fraction of sp³-hybridized carbons (Fsp3) is 0.350. The summed E-state index contributed by atoms with van der Waals surface area (Å²) in [4.78, 5) is 12.6. The van der Waals surface area contributed by atoms with Crippen molar-refractivity contribution in [1.29, 1.82) is 0 Å². The summed E-state index contributed by atoms with van der Waals surface area (Å²) in [5.41, 5.74) is 3.41. The van der Waals surface area contributed by atoms with Gasteiger partial charge in [0.05, 0.1) is 18.0 Å². The maximum absolute atomic E-state index is 12.6. The lowest BCUT2D eigenvalue weighted by Gasteiger charge is -2.24. The van der Waals surface area contributed by atoms with Crippen molar-refractivity contribution in [2.45, 2.75) is 33.2 Å². The van der Waals surface area contributed by atoms with Crippen LogP contribution in [0.15, 0.2) is 48.5 Å². The van der Waals surface area contributed by atoms with E-state index < -0.39 is 10.0 Å². The number of benzene rings is 2. The molecule has 0 unspecified atom stereocenters. The van der Waals surface area contributed by atoms with Crippen molar-refractivity contribution in [3.05, 3.63) is 65.2 Å². The zero-order valence-corrected chi connectivity index (χ0v) is 16.5. The highest BCUT2D eigenvalue weighted by Gasteiger charge is 2.22. The maximum Gasteiger partial charge on any atom is 0.241 e. The Bertz CT molecular complexity index is 844. The SMILES string of the molecule is CC[C@@H](NC(=O)CN(c1cc(C)cc(C)c1)S(C)(=O)=O)c1ccccc1. The Morgan fingerprint density at radius 3 is 2.15 bits per heavy atom. The first kappa shape index (κ1) is 20.0. The molecular weight excluding hydrogens is 348 g/mol. The predicted molar refractivity (Wildman–Crippen MR) is 106 cm³/mol. The number of aryl methyl sites for hydroxylation is 2. The first-order valence-electron chi connectivity index (χ1n) is 8.61. The molecule has 2 aromatic rings. The van der Waals surface area contributed by atoms with Crippen molar-refractivity contribution in [3.63, 3.8) is 0 Å². The maximum atomic E-state index is 12.6. The van der Waals surface area contributed by atoms with Gasteiger partial charge in [-0.1, -0.05) is 43.3 Å². The van der Waals surface area contributed by atoms with Crippen molar-refractivity contribution in [2.75, 3.05) is 17.1 Å². The molecule has 0 fully saturated rings. The van der Waals surface area contributed by atoms with Crippen LogP contribution in [-0.4, -0.2) is 27.1 Å². The minimum Gasteiger partial charge on any atom is -0.348 e. The van der Waals surface area contributed by atoms with Crippen LogP contribution >= 0.6 is 0 Å². The lowest BCUT2D eigenvalue weighted by molar-refractivity contribution is -0.120. The third-order valence-electron chi connectivity index (χ3n) is 4.13. The molecule has 0 spiro atoms. The highest BCUT2D eigenvalue weighted by atomic mass is 32.2. The Hall–Kier alpha value is -2.34. The van der Waals surface area contributed by atoms with Crippen LogP contribution in [0.25, 0.3) is 0 Å². The number of carbonyl (C=O) groups excluding carboxylic acids is 1. The fourth-order valence-electron chi connectivity index (χ4n) is 2.97. The van der Waals surface area contributed by atoms with Crippen LogP contribution in [-0.2, 0) is 14.8 Å². The van der Waals surface area contributed by atoms with Crippen LogP contribution in [0, 0.1) is 13.8 Å². The number of rotatable bonds is 7. The van der Waals surface area contributed by atoms with Crippen molar-refractivity contribution in [1.82, 2.24) is 5.32 Å². The van der Waals surface area contributed by atoms with Gasteiger partial charge in [0.2, 0.25) is 15.9 Å². The van der Waals surface area contributed by atoms with E-state index >= 15 is 0 Å². The average molecular weight is 375 g/mol. The topological polar surface area (TPSA) is 66.5 Å². The van der Waals surface area contributed by atoms with Crippen LogP contribution in [0.3, 0.4) is 0 Å². The van der Waals surface area contributed by atoms with Gasteiger partial charge in [-0.05, 0) is 49.1 Å². The van der Waals surface area contributed by atoms with Gasteiger partial charge in [-0.25, -0.2) is 8.42 Å². The summed E-state index contributed by atoms with van der Waals surface area (Å²) in [6.45, 7) is 5.54. The molecule has 0 radical (unpaired) electrons. The number of sulfonamides is 1. The minimum atomic E-state index is -3.58. The molecule has 0 saturated heterocycles. The highest BCUT2D eigenvalue weighted by molar-refractivity contribution is 7.92. The van der Waals surface area contributed by atoms with E-state index in [4.69, 9.17) is 0 Å². The van der Waals surface area contributed by atoms with E-state index in [1.807, 2.05) is 57.2 Å². The zero-order valence-electron chi connectivity index (χ0n) is 15.7. The van der Waals surface area contributed by atoms with Gasteiger partial charge >= 0.3 is 0 Å². The van der Waals surface area contributed by atoms with E-state index in [9.17, 15) is 13.2 Å². The molecule has 1 amide bonds. The summed E-state index contributed by atoms with van der Waals surface area (Å²) in [6, 6.07) is 15.0. The van der Waals surface area contributed by atoms with E-state index in [-0.39, 0.29) is 18.5 Å². The molecule has 140 valence electrons. The van der Waals surface area contributed by atoms with Crippen LogP contribution < -0.4 is 9.62 Å². The molecule has 0 aromatic heterocycles. The molecular formula is C20H26N2O3S. The van der Waals surface area contributed by atoms with Crippen molar-refractivity contribution in [2.24, 2.45) is 0 Å². The van der Waals surface area contributed by atoms with Crippen LogP contribution in [0.2, 0.25) is 0 Å². The standard InChI is InChI=1S/C20H26N2O3S/c1-5-19(17-9-7-6-8-10-17)21-20(23)14-22(26(4,24)25)18-12-15(2)11-16(3)13-18/h6-13,19H,5,14H2,1-4H3,(H,21,23)/t19-/m1/s1. The van der Waals surface area contributed by atoms with Crippen molar-refractivity contribution < 1.29 is 13.2 Å². The molecule has 0 aliphatic rings. The van der Waals surface area contributed by atoms with E-state index in [0.29, 0.717) is 5.69 Å². The number of anilines is 1. The Labute approximate surface area is 156 Å². The second-order valence-electron chi connectivity index (χ2n) is 6.55. The van der Waals surface area contributed by atoms with Crippen molar-refractivity contribution >= 4 is 21.6 Å². The van der Waals surface area contributed by atoms with Gasteiger partial charge in [0.25, 0.3) is 0 Å². The second-order valence-corrected chi connectivity index (χ2v) is 8.46. The van der Waals surface area contributed by atoms with Gasteiger partial charge in [0, 0.05) is 0 Å². The van der Waals surface area contributed by atoms with Gasteiger partial charge in [-0.15, -0.1) is 0 Å². The summed E-state index contributed by atoms with van der Waals surface area (Å²) in [7, 11) is -3.58. The van der Waals surface area contributed by atoms with Crippen LogP contribution in [0.5, 0.6) is 0 Å². The monoisotopic (exact) mass is 374 g/mol. The highest BCUT2D eigenvalue weighted by Crippen LogP contribution is 2.22. The molecule has 1 atom stereocenters. The van der Waals surface area contributed by atoms with Crippen LogP contribution in [0.4, 0.5) is 5.69 Å². The van der Waals surface area contributed by atoms with Gasteiger partial charge in [0.1, 0.15) is 6.54 Å². The summed E-state index contributed by atoms with van der Waals surface area (Å²) < 4.78 is 25.7. The zero-order chi connectivity index (χ0) is 19.3. The van der Waals surface area contributed by atoms with E-state index in [1.54, 1.807) is 12.1 Å². The van der Waals surface area contributed by atoms with E-state index in [0.717, 1.165) is 33.7 Å². The Morgan fingerprint density at radius 2 is 1.65 bits per heavy atom. The second kappa shape index (κ2) is 8.36. The number of carbonyl (C=O) groups is 1. The first-order valence-corrected chi connectivity index (χ1v) is 10.5. The molecule has 0 saturated carbocycles. The molecule has 5 nitrogen and oxygen atoms in total. The average Bonchev–Trinajstić information content (AvgIpc) is 2.56. The molecule has 2 aromatic carbocycles. The van der Waals surface area contributed by atoms with E-state index in [2.05, 4.69) is 5.32 Å². The normalized spacial score (nSPS) is 12.5. The van der Waals surface area contributed by atoms with Gasteiger partial charge in [-0.3, -0.25) is 9.10 Å². The number of hydrogen-bond acceptors (Lipinski definition) is 3. The summed E-state index contributed by atoms with van der Waals surface area (Å²) in [6.07, 6.45) is 1.84. The molecule has 1 N–H and O–H groups in total. The van der Waals surface area contributed by atoms with Crippen molar-refractivity contribution in [3.8, 4) is 0 Å². The lowest BCUT2D eigenvalue weighted by atomic mass is 10.0. The van der Waals surface area contributed by atoms with E-state index in [1.165, 1.54) is 0 Å². The molecule has 0 bridgehead atoms. The smallest absolute Gasteiger partial charge is 0.241 e. The first-order chi connectivity index (χ1) is 12.2. The largest absolute Gasteiger partial charge is 0.348 e. The van der Waals surface area contributed by atoms with Gasteiger partial charge < -0.3 is 5.32 Å². The summed E-state index contributed by atoms with van der Waals surface area (Å²) in [5, 5.41) is 2.94. The molecule has 0 heterocycles. The van der Waals surface area contributed by atoms with Gasteiger partial charge in [-0.2, -0.15) is 0 Å². The lowest BCUT2D eigenvalue weighted by Crippen LogP contribution is -2.41. The third kappa shape index (κ3) is 5.33. The molecule has 0 aliphatic carbocycles. The van der Waals surface area contributed by atoms with Gasteiger partial charge in [0.15, 0.2) is 0 Å². The third-order valence-corrected chi connectivity index (χ3v) is 5.27. The Morgan fingerprint density at radius 1 is 1.08 bits per heavy atom. The Balaban J connectivity index is 2.22. The molecule has 6 heteroatoms. The van der Waals surface area contributed by atoms with Crippen LogP contribution in [0.1, 0.15) is 36.1 Å². The minimum absolute atomic E-state index is 0.149. The number of nitrogens with one attached hydrogen (secondary N) is 1.